The van der Waals surface area contributed by atoms with Crippen molar-refractivity contribution in [3.05, 3.63) is 64.7 Å². The van der Waals surface area contributed by atoms with E-state index < -0.39 is 0 Å². The van der Waals surface area contributed by atoms with E-state index in [9.17, 15) is 4.79 Å². The molecule has 0 fully saturated rings. The van der Waals surface area contributed by atoms with E-state index in [1.54, 1.807) is 31.1 Å². The highest BCUT2D eigenvalue weighted by atomic mass is 35.5. The summed E-state index contributed by atoms with van der Waals surface area (Å²) in [6.07, 6.45) is 0. The first-order valence-electron chi connectivity index (χ1n) is 7.56. The van der Waals surface area contributed by atoms with Gasteiger partial charge in [-0.25, -0.2) is 0 Å². The summed E-state index contributed by atoms with van der Waals surface area (Å²) in [5.41, 5.74) is 2.57. The summed E-state index contributed by atoms with van der Waals surface area (Å²) in [5, 5.41) is 9.27. The zero-order valence-corrected chi connectivity index (χ0v) is 15.3. The lowest BCUT2D eigenvalue weighted by atomic mass is 10.1. The van der Waals surface area contributed by atoms with Crippen molar-refractivity contribution in [1.82, 2.24) is 15.1 Å². The first-order chi connectivity index (χ1) is 12.0. The Labute approximate surface area is 155 Å². The second-order valence-electron chi connectivity index (χ2n) is 5.57. The Morgan fingerprint density at radius 2 is 1.76 bits per heavy atom. The largest absolute Gasteiger partial charge is 0.411 e. The Morgan fingerprint density at radius 1 is 1.08 bits per heavy atom. The maximum atomic E-state index is 11.9. The second-order valence-corrected chi connectivity index (χ2v) is 6.93. The van der Waals surface area contributed by atoms with Crippen LogP contribution in [0.4, 0.5) is 0 Å². The number of halogens is 1. The molecule has 1 aromatic heterocycles. The molecule has 5 nitrogen and oxygen atoms in total. The van der Waals surface area contributed by atoms with Crippen LogP contribution in [-0.2, 0) is 5.75 Å². The molecule has 0 saturated heterocycles. The molecule has 3 rings (SSSR count). The third kappa shape index (κ3) is 4.41. The van der Waals surface area contributed by atoms with E-state index in [1.165, 1.54) is 11.8 Å². The highest BCUT2D eigenvalue weighted by Gasteiger charge is 2.10. The van der Waals surface area contributed by atoms with E-state index in [0.717, 1.165) is 11.1 Å². The minimum Gasteiger partial charge on any atom is -0.411 e. The van der Waals surface area contributed by atoms with Gasteiger partial charge >= 0.3 is 0 Å². The lowest BCUT2D eigenvalue weighted by Gasteiger charge is -2.10. The van der Waals surface area contributed by atoms with Crippen LogP contribution in [0.25, 0.3) is 11.5 Å². The number of rotatable bonds is 5. The Morgan fingerprint density at radius 3 is 2.40 bits per heavy atom. The molecule has 1 heterocycles. The van der Waals surface area contributed by atoms with E-state index >= 15 is 0 Å². The summed E-state index contributed by atoms with van der Waals surface area (Å²) in [6, 6.07) is 14.8. The lowest BCUT2D eigenvalue weighted by molar-refractivity contribution is 0.0827. The SMILES string of the molecule is CN(C)C(=O)c1ccc(CSc2nnc(-c3ccc(Cl)cc3)o2)cc1. The maximum absolute atomic E-state index is 11.9. The Kier molecular flexibility index (Phi) is 5.40. The molecule has 25 heavy (non-hydrogen) atoms. The summed E-state index contributed by atoms with van der Waals surface area (Å²) in [6.45, 7) is 0. The predicted molar refractivity (Wildman–Crippen MR) is 98.8 cm³/mol. The number of aromatic nitrogens is 2. The molecule has 0 N–H and O–H groups in total. The molecule has 0 spiro atoms. The number of carbonyl (C=O) groups excluding carboxylic acids is 1. The monoisotopic (exact) mass is 373 g/mol. The van der Waals surface area contributed by atoms with E-state index in [4.69, 9.17) is 16.0 Å². The Balaban J connectivity index is 1.62. The normalized spacial score (nSPS) is 10.7. The van der Waals surface area contributed by atoms with Crippen LogP contribution < -0.4 is 0 Å². The third-order valence-electron chi connectivity index (χ3n) is 3.47. The van der Waals surface area contributed by atoms with Crippen molar-refractivity contribution in [2.45, 2.75) is 11.0 Å². The molecule has 0 radical (unpaired) electrons. The minimum absolute atomic E-state index is 0.0105. The van der Waals surface area contributed by atoms with E-state index in [-0.39, 0.29) is 5.91 Å². The van der Waals surface area contributed by atoms with Gasteiger partial charge < -0.3 is 9.32 Å². The molecular weight excluding hydrogens is 358 g/mol. The fourth-order valence-electron chi connectivity index (χ4n) is 2.12. The average Bonchev–Trinajstić information content (AvgIpc) is 3.09. The first-order valence-corrected chi connectivity index (χ1v) is 8.92. The smallest absolute Gasteiger partial charge is 0.277 e. The zero-order chi connectivity index (χ0) is 17.8. The molecule has 0 aliphatic rings. The Bertz CT molecular complexity index is 861. The molecule has 1 amide bonds. The van der Waals surface area contributed by atoms with Gasteiger partial charge in [-0.1, -0.05) is 35.5 Å². The number of amides is 1. The van der Waals surface area contributed by atoms with Gasteiger partial charge in [-0.15, -0.1) is 10.2 Å². The predicted octanol–water partition coefficient (Wildman–Crippen LogP) is 4.38. The van der Waals surface area contributed by atoms with Gasteiger partial charge in [0, 0.05) is 36.0 Å². The van der Waals surface area contributed by atoms with Gasteiger partial charge in [0.25, 0.3) is 11.1 Å². The van der Waals surface area contributed by atoms with E-state index in [0.29, 0.717) is 27.5 Å². The summed E-state index contributed by atoms with van der Waals surface area (Å²) in [4.78, 5) is 13.4. The van der Waals surface area contributed by atoms with Gasteiger partial charge in [-0.2, -0.15) is 0 Å². The van der Waals surface area contributed by atoms with Gasteiger partial charge in [0.15, 0.2) is 0 Å². The van der Waals surface area contributed by atoms with Crippen LogP contribution in [0, 0.1) is 0 Å². The second kappa shape index (κ2) is 7.72. The summed E-state index contributed by atoms with van der Waals surface area (Å²) in [7, 11) is 3.47. The van der Waals surface area contributed by atoms with Crippen LogP contribution in [0.1, 0.15) is 15.9 Å². The van der Waals surface area contributed by atoms with Crippen molar-refractivity contribution in [1.29, 1.82) is 0 Å². The first kappa shape index (κ1) is 17.5. The maximum Gasteiger partial charge on any atom is 0.277 e. The van der Waals surface area contributed by atoms with Crippen LogP contribution in [0.3, 0.4) is 0 Å². The summed E-state index contributed by atoms with van der Waals surface area (Å²) in [5.74, 6) is 1.13. The van der Waals surface area contributed by atoms with Crippen LogP contribution in [0.5, 0.6) is 0 Å². The molecule has 0 unspecified atom stereocenters. The minimum atomic E-state index is -0.0105. The molecule has 0 aliphatic heterocycles. The molecule has 128 valence electrons. The quantitative estimate of drug-likeness (QED) is 0.621. The van der Waals surface area contributed by atoms with E-state index in [2.05, 4.69) is 10.2 Å². The van der Waals surface area contributed by atoms with Gasteiger partial charge in [0.05, 0.1) is 0 Å². The molecule has 3 aromatic rings. The number of nitrogens with zero attached hydrogens (tertiary/aromatic N) is 3. The molecule has 0 atom stereocenters. The van der Waals surface area contributed by atoms with Crippen LogP contribution in [0.2, 0.25) is 5.02 Å². The number of carbonyl (C=O) groups is 1. The van der Waals surface area contributed by atoms with Crippen LogP contribution in [-0.4, -0.2) is 35.1 Å². The molecule has 0 bridgehead atoms. The van der Waals surface area contributed by atoms with Gasteiger partial charge in [-0.3, -0.25) is 4.79 Å². The molecule has 7 heteroatoms. The van der Waals surface area contributed by atoms with Crippen molar-refractivity contribution in [2.24, 2.45) is 0 Å². The number of hydrogen-bond donors (Lipinski definition) is 0. The van der Waals surface area contributed by atoms with Crippen molar-refractivity contribution >= 4 is 29.3 Å². The van der Waals surface area contributed by atoms with E-state index in [1.807, 2.05) is 36.4 Å². The van der Waals surface area contributed by atoms with Crippen molar-refractivity contribution < 1.29 is 9.21 Å². The third-order valence-corrected chi connectivity index (χ3v) is 4.61. The van der Waals surface area contributed by atoms with Crippen molar-refractivity contribution in [3.63, 3.8) is 0 Å². The van der Waals surface area contributed by atoms with Crippen LogP contribution >= 0.6 is 23.4 Å². The zero-order valence-electron chi connectivity index (χ0n) is 13.8. The summed E-state index contributed by atoms with van der Waals surface area (Å²) >= 11 is 7.33. The molecule has 0 aliphatic carbocycles. The number of benzene rings is 2. The molecule has 2 aromatic carbocycles. The number of hydrogen-bond acceptors (Lipinski definition) is 5. The lowest BCUT2D eigenvalue weighted by Crippen LogP contribution is -2.21. The Hall–Kier alpha value is -2.31. The van der Waals surface area contributed by atoms with Gasteiger partial charge in [0.1, 0.15) is 0 Å². The highest BCUT2D eigenvalue weighted by Crippen LogP contribution is 2.26. The number of thioether (sulfide) groups is 1. The summed E-state index contributed by atoms with van der Waals surface area (Å²) < 4.78 is 5.66. The molecule has 0 saturated carbocycles. The van der Waals surface area contributed by atoms with Crippen molar-refractivity contribution in [2.75, 3.05) is 14.1 Å². The van der Waals surface area contributed by atoms with Crippen molar-refractivity contribution in [3.8, 4) is 11.5 Å². The molecular formula is C18H16ClN3O2S. The van der Waals surface area contributed by atoms with Crippen LogP contribution in [0.15, 0.2) is 58.2 Å². The fraction of sp³-hybridized carbons (Fsp3) is 0.167. The van der Waals surface area contributed by atoms with Gasteiger partial charge in [0.2, 0.25) is 5.89 Å². The van der Waals surface area contributed by atoms with Gasteiger partial charge in [-0.05, 0) is 42.0 Å². The fourth-order valence-corrected chi connectivity index (χ4v) is 2.97. The average molecular weight is 374 g/mol. The topological polar surface area (TPSA) is 59.2 Å². The standard InChI is InChI=1S/C18H16ClN3O2S/c1-22(2)17(23)14-5-3-12(4-6-14)11-25-18-21-20-16(24-18)13-7-9-15(19)10-8-13/h3-10H,11H2,1-2H3. The highest BCUT2D eigenvalue weighted by molar-refractivity contribution is 7.98.